The number of anilines is 1. The van der Waals surface area contributed by atoms with Crippen molar-refractivity contribution in [3.05, 3.63) is 76.0 Å². The van der Waals surface area contributed by atoms with E-state index >= 15 is 0 Å². The topological polar surface area (TPSA) is 125 Å². The van der Waals surface area contributed by atoms with Gasteiger partial charge in [-0.3, -0.25) is 20.2 Å². The van der Waals surface area contributed by atoms with Crippen LogP contribution in [0.2, 0.25) is 0 Å². The summed E-state index contributed by atoms with van der Waals surface area (Å²) in [6, 6.07) is 14.1. The Morgan fingerprint density at radius 3 is 2.79 bits per heavy atom. The van der Waals surface area contributed by atoms with Gasteiger partial charge in [0, 0.05) is 6.07 Å². The first-order chi connectivity index (χ1) is 16.0. The number of nitrogens with zero attached hydrogens (tertiary/aromatic N) is 2. The Morgan fingerprint density at radius 1 is 1.18 bits per heavy atom. The molecule has 1 N–H and O–H groups in total. The molecule has 1 amide bonds. The molecule has 0 spiro atoms. The SMILES string of the molecule is CCCCOC(=O)c1ccc2nc(NC(=O)c3ccc(-c4ccccc4[N+](=O)[O-])o3)sc2c1. The summed E-state index contributed by atoms with van der Waals surface area (Å²) >= 11 is 1.21. The molecule has 2 heterocycles. The van der Waals surface area contributed by atoms with Crippen molar-refractivity contribution in [3.63, 3.8) is 0 Å². The number of nitrogens with one attached hydrogen (secondary N) is 1. The smallest absolute Gasteiger partial charge is 0.338 e. The molecule has 0 unspecified atom stereocenters. The van der Waals surface area contributed by atoms with Gasteiger partial charge in [0.25, 0.3) is 11.6 Å². The summed E-state index contributed by atoms with van der Waals surface area (Å²) in [6.45, 7) is 2.39. The minimum atomic E-state index is -0.543. The number of nitro benzene ring substituents is 1. The van der Waals surface area contributed by atoms with Gasteiger partial charge in [0.15, 0.2) is 10.9 Å². The van der Waals surface area contributed by atoms with E-state index in [2.05, 4.69) is 10.3 Å². The third kappa shape index (κ3) is 4.90. The van der Waals surface area contributed by atoms with Crippen molar-refractivity contribution < 1.29 is 23.7 Å². The van der Waals surface area contributed by atoms with Gasteiger partial charge >= 0.3 is 5.97 Å². The number of aromatic nitrogens is 1. The Balaban J connectivity index is 1.49. The van der Waals surface area contributed by atoms with Crippen LogP contribution < -0.4 is 5.32 Å². The van der Waals surface area contributed by atoms with Crippen LogP contribution in [0, 0.1) is 10.1 Å². The van der Waals surface area contributed by atoms with E-state index in [1.54, 1.807) is 36.4 Å². The van der Waals surface area contributed by atoms with Gasteiger partial charge in [-0.15, -0.1) is 0 Å². The standard InChI is InChI=1S/C23H19N3O6S/c1-2-3-12-31-22(28)14-8-9-16-20(13-14)33-23(24-16)25-21(27)19-11-10-18(32-19)15-6-4-5-7-17(15)26(29)30/h4-11,13H,2-3,12H2,1H3,(H,24,25,27). The first-order valence-corrected chi connectivity index (χ1v) is 11.0. The molecule has 168 valence electrons. The third-order valence-corrected chi connectivity index (χ3v) is 5.71. The largest absolute Gasteiger partial charge is 0.462 e. The Labute approximate surface area is 192 Å². The molecular formula is C23H19N3O6S. The van der Waals surface area contributed by atoms with Crippen LogP contribution in [-0.4, -0.2) is 28.4 Å². The first kappa shape index (κ1) is 22.2. The molecule has 2 aromatic heterocycles. The number of esters is 1. The van der Waals surface area contributed by atoms with E-state index in [4.69, 9.17) is 9.15 Å². The van der Waals surface area contributed by atoms with E-state index in [0.717, 1.165) is 17.5 Å². The maximum absolute atomic E-state index is 12.6. The Kier molecular flexibility index (Phi) is 6.45. The summed E-state index contributed by atoms with van der Waals surface area (Å²) < 4.78 is 11.5. The summed E-state index contributed by atoms with van der Waals surface area (Å²) in [5.41, 5.74) is 1.20. The lowest BCUT2D eigenvalue weighted by molar-refractivity contribution is -0.384. The molecule has 33 heavy (non-hydrogen) atoms. The van der Waals surface area contributed by atoms with Crippen molar-refractivity contribution in [3.8, 4) is 11.3 Å². The lowest BCUT2D eigenvalue weighted by atomic mass is 10.1. The van der Waals surface area contributed by atoms with Crippen LogP contribution in [0.4, 0.5) is 10.8 Å². The van der Waals surface area contributed by atoms with E-state index < -0.39 is 16.8 Å². The molecule has 0 aliphatic rings. The molecule has 4 aromatic rings. The quantitative estimate of drug-likeness (QED) is 0.154. The average Bonchev–Trinajstić information content (AvgIpc) is 3.45. The van der Waals surface area contributed by atoms with Crippen LogP contribution in [0.15, 0.2) is 59.0 Å². The van der Waals surface area contributed by atoms with E-state index in [9.17, 15) is 19.7 Å². The number of benzene rings is 2. The summed E-state index contributed by atoms with van der Waals surface area (Å²) in [5.74, 6) is -0.744. The Hall–Kier alpha value is -4.05. The number of unbranched alkanes of at least 4 members (excludes halogenated alkanes) is 1. The van der Waals surface area contributed by atoms with Crippen molar-refractivity contribution in [2.45, 2.75) is 19.8 Å². The highest BCUT2D eigenvalue weighted by atomic mass is 32.1. The number of amides is 1. The normalized spacial score (nSPS) is 10.8. The number of para-hydroxylation sites is 1. The van der Waals surface area contributed by atoms with E-state index in [1.165, 1.54) is 29.5 Å². The fraction of sp³-hybridized carbons (Fsp3) is 0.174. The predicted molar refractivity (Wildman–Crippen MR) is 124 cm³/mol. The second-order valence-electron chi connectivity index (χ2n) is 7.08. The molecule has 10 heteroatoms. The number of nitro groups is 1. The van der Waals surface area contributed by atoms with Crippen molar-refractivity contribution in [1.82, 2.24) is 4.98 Å². The number of hydrogen-bond acceptors (Lipinski definition) is 8. The molecular weight excluding hydrogens is 446 g/mol. The fourth-order valence-corrected chi connectivity index (χ4v) is 4.00. The monoisotopic (exact) mass is 465 g/mol. The Bertz CT molecular complexity index is 1340. The van der Waals surface area contributed by atoms with Gasteiger partial charge in [0.1, 0.15) is 5.76 Å². The third-order valence-electron chi connectivity index (χ3n) is 4.77. The Morgan fingerprint density at radius 2 is 2.00 bits per heavy atom. The molecule has 0 radical (unpaired) electrons. The predicted octanol–water partition coefficient (Wildman–Crippen LogP) is 5.67. The zero-order chi connectivity index (χ0) is 23.4. The van der Waals surface area contributed by atoms with Gasteiger partial charge in [-0.1, -0.05) is 36.8 Å². The summed E-state index contributed by atoms with van der Waals surface area (Å²) in [7, 11) is 0. The number of fused-ring (bicyclic) bond motifs is 1. The summed E-state index contributed by atoms with van der Waals surface area (Å²) in [4.78, 5) is 39.9. The number of carbonyl (C=O) groups is 2. The minimum Gasteiger partial charge on any atom is -0.462 e. The van der Waals surface area contributed by atoms with Crippen molar-refractivity contribution in [1.29, 1.82) is 0 Å². The van der Waals surface area contributed by atoms with Crippen molar-refractivity contribution >= 4 is 44.2 Å². The molecule has 0 saturated heterocycles. The number of ether oxygens (including phenoxy) is 1. The molecule has 4 rings (SSSR count). The highest BCUT2D eigenvalue weighted by Gasteiger charge is 2.20. The lowest BCUT2D eigenvalue weighted by Crippen LogP contribution is -2.10. The number of rotatable bonds is 8. The van der Waals surface area contributed by atoms with E-state index in [-0.39, 0.29) is 22.8 Å². The second kappa shape index (κ2) is 9.61. The zero-order valence-electron chi connectivity index (χ0n) is 17.6. The maximum atomic E-state index is 12.6. The van der Waals surface area contributed by atoms with Gasteiger partial charge in [-0.2, -0.15) is 0 Å². The van der Waals surface area contributed by atoms with Gasteiger partial charge < -0.3 is 9.15 Å². The minimum absolute atomic E-state index is 0.0115. The van der Waals surface area contributed by atoms with Crippen LogP contribution in [0.5, 0.6) is 0 Å². The van der Waals surface area contributed by atoms with Gasteiger partial charge in [-0.05, 0) is 42.8 Å². The van der Waals surface area contributed by atoms with Crippen LogP contribution in [-0.2, 0) is 4.74 Å². The molecule has 0 atom stereocenters. The van der Waals surface area contributed by atoms with Gasteiger partial charge in [0.2, 0.25) is 0 Å². The van der Waals surface area contributed by atoms with Crippen LogP contribution in [0.3, 0.4) is 0 Å². The van der Waals surface area contributed by atoms with Crippen molar-refractivity contribution in [2.75, 3.05) is 11.9 Å². The zero-order valence-corrected chi connectivity index (χ0v) is 18.4. The number of furan rings is 1. The van der Waals surface area contributed by atoms with Crippen LogP contribution in [0.1, 0.15) is 40.7 Å². The highest BCUT2D eigenvalue weighted by Crippen LogP contribution is 2.32. The molecule has 0 bridgehead atoms. The van der Waals surface area contributed by atoms with E-state index in [1.807, 2.05) is 6.92 Å². The first-order valence-electron chi connectivity index (χ1n) is 10.2. The van der Waals surface area contributed by atoms with E-state index in [0.29, 0.717) is 22.8 Å². The molecule has 0 aliphatic carbocycles. The van der Waals surface area contributed by atoms with Crippen LogP contribution in [0.25, 0.3) is 21.5 Å². The molecule has 2 aromatic carbocycles. The second-order valence-corrected chi connectivity index (χ2v) is 8.11. The average molecular weight is 465 g/mol. The summed E-state index contributed by atoms with van der Waals surface area (Å²) in [5, 5.41) is 14.2. The van der Waals surface area contributed by atoms with Crippen LogP contribution >= 0.6 is 11.3 Å². The molecule has 0 saturated carbocycles. The maximum Gasteiger partial charge on any atom is 0.338 e. The number of carbonyl (C=O) groups excluding carboxylic acids is 2. The fourth-order valence-electron chi connectivity index (χ4n) is 3.10. The number of thiazole rings is 1. The molecule has 0 aliphatic heterocycles. The molecule has 0 fully saturated rings. The summed E-state index contributed by atoms with van der Waals surface area (Å²) in [6.07, 6.45) is 1.74. The van der Waals surface area contributed by atoms with Gasteiger partial charge in [-0.25, -0.2) is 9.78 Å². The number of hydrogen-bond donors (Lipinski definition) is 1. The highest BCUT2D eigenvalue weighted by molar-refractivity contribution is 7.22. The van der Waals surface area contributed by atoms with Gasteiger partial charge in [0.05, 0.1) is 32.9 Å². The lowest BCUT2D eigenvalue weighted by Gasteiger charge is -2.03. The molecule has 9 nitrogen and oxygen atoms in total. The van der Waals surface area contributed by atoms with Crippen molar-refractivity contribution in [2.24, 2.45) is 0 Å².